The van der Waals surface area contributed by atoms with Crippen molar-refractivity contribution in [3.63, 3.8) is 0 Å². The summed E-state index contributed by atoms with van der Waals surface area (Å²) in [5.74, 6) is 0.739. The Morgan fingerprint density at radius 3 is 2.38 bits per heavy atom. The van der Waals surface area contributed by atoms with E-state index in [-0.39, 0.29) is 12.0 Å². The number of amides is 1. The van der Waals surface area contributed by atoms with E-state index < -0.39 is 0 Å². The van der Waals surface area contributed by atoms with Crippen LogP contribution in [-0.2, 0) is 0 Å². The molecule has 0 aliphatic rings. The quantitative estimate of drug-likeness (QED) is 0.847. The zero-order valence-electron chi connectivity index (χ0n) is 13.0. The highest BCUT2D eigenvalue weighted by Crippen LogP contribution is 2.22. The minimum atomic E-state index is -0.0308. The largest absolute Gasteiger partial charge is 0.491 e. The van der Waals surface area contributed by atoms with Gasteiger partial charge in [0.2, 0.25) is 0 Å². The van der Waals surface area contributed by atoms with Crippen molar-refractivity contribution in [1.82, 2.24) is 0 Å². The monoisotopic (exact) mass is 283 g/mol. The molecule has 0 saturated carbocycles. The van der Waals surface area contributed by atoms with E-state index in [9.17, 15) is 4.79 Å². The van der Waals surface area contributed by atoms with Crippen molar-refractivity contribution in [2.24, 2.45) is 0 Å². The fourth-order valence-corrected chi connectivity index (χ4v) is 2.04. The number of nitrogens with zero attached hydrogens (tertiary/aromatic N) is 1. The molecule has 2 rings (SSSR count). The number of anilines is 1. The average molecular weight is 283 g/mol. The second-order valence-corrected chi connectivity index (χ2v) is 5.39. The number of carbonyl (C=O) groups excluding carboxylic acids is 1. The highest BCUT2D eigenvalue weighted by molar-refractivity contribution is 6.05. The summed E-state index contributed by atoms with van der Waals surface area (Å²) in [5.41, 5.74) is 2.64. The van der Waals surface area contributed by atoms with Crippen LogP contribution in [0.3, 0.4) is 0 Å². The van der Waals surface area contributed by atoms with Crippen LogP contribution in [0.2, 0.25) is 0 Å². The van der Waals surface area contributed by atoms with Gasteiger partial charge in [-0.05, 0) is 45.0 Å². The van der Waals surface area contributed by atoms with E-state index in [2.05, 4.69) is 0 Å². The molecule has 0 aliphatic carbocycles. The van der Waals surface area contributed by atoms with E-state index in [1.165, 1.54) is 0 Å². The summed E-state index contributed by atoms with van der Waals surface area (Å²) >= 11 is 0. The molecule has 0 radical (unpaired) electrons. The van der Waals surface area contributed by atoms with Gasteiger partial charge in [-0.3, -0.25) is 4.79 Å². The molecule has 0 spiro atoms. The van der Waals surface area contributed by atoms with Gasteiger partial charge >= 0.3 is 0 Å². The first-order valence-electron chi connectivity index (χ1n) is 7.09. The van der Waals surface area contributed by atoms with Gasteiger partial charge in [0.1, 0.15) is 5.75 Å². The number of benzene rings is 2. The van der Waals surface area contributed by atoms with Crippen LogP contribution < -0.4 is 9.64 Å². The minimum absolute atomic E-state index is 0.0308. The molecule has 1 amide bonds. The molecule has 2 aromatic carbocycles. The fraction of sp³-hybridized carbons (Fsp3) is 0.278. The molecule has 110 valence electrons. The highest BCUT2D eigenvalue weighted by atomic mass is 16.5. The number of aryl methyl sites for hydroxylation is 1. The van der Waals surface area contributed by atoms with Crippen molar-refractivity contribution in [2.75, 3.05) is 11.9 Å². The Morgan fingerprint density at radius 1 is 1.10 bits per heavy atom. The van der Waals surface area contributed by atoms with E-state index in [0.29, 0.717) is 5.56 Å². The Hall–Kier alpha value is -2.29. The van der Waals surface area contributed by atoms with Gasteiger partial charge in [0.25, 0.3) is 5.91 Å². The third-order valence-corrected chi connectivity index (χ3v) is 3.18. The molecule has 0 atom stereocenters. The van der Waals surface area contributed by atoms with Gasteiger partial charge in [-0.1, -0.05) is 23.8 Å². The van der Waals surface area contributed by atoms with E-state index in [0.717, 1.165) is 17.0 Å². The molecule has 0 unspecified atom stereocenters. The standard InChI is InChI=1S/C18H21NO2/c1-13(2)21-17-7-5-6-16(12-17)19(4)18(20)15-10-8-14(3)9-11-15/h5-13H,1-4H3. The normalized spacial score (nSPS) is 10.5. The zero-order chi connectivity index (χ0) is 15.4. The molecule has 0 aromatic heterocycles. The number of rotatable bonds is 4. The van der Waals surface area contributed by atoms with Crippen LogP contribution >= 0.6 is 0 Å². The van der Waals surface area contributed by atoms with Crippen LogP contribution in [-0.4, -0.2) is 19.1 Å². The maximum atomic E-state index is 12.5. The van der Waals surface area contributed by atoms with Crippen LogP contribution in [0.1, 0.15) is 29.8 Å². The Morgan fingerprint density at radius 2 is 1.76 bits per heavy atom. The molecule has 0 bridgehead atoms. The average Bonchev–Trinajstić information content (AvgIpc) is 2.46. The number of hydrogen-bond donors (Lipinski definition) is 0. The first kappa shape index (κ1) is 15.1. The second-order valence-electron chi connectivity index (χ2n) is 5.39. The summed E-state index contributed by atoms with van der Waals surface area (Å²) < 4.78 is 5.67. The van der Waals surface area contributed by atoms with Gasteiger partial charge in [-0.2, -0.15) is 0 Å². The molecular formula is C18H21NO2. The van der Waals surface area contributed by atoms with Crippen LogP contribution in [0, 0.1) is 6.92 Å². The predicted molar refractivity (Wildman–Crippen MR) is 86.1 cm³/mol. The van der Waals surface area contributed by atoms with Gasteiger partial charge < -0.3 is 9.64 Å². The Kier molecular flexibility index (Phi) is 4.63. The third-order valence-electron chi connectivity index (χ3n) is 3.18. The predicted octanol–water partition coefficient (Wildman–Crippen LogP) is 4.06. The first-order valence-corrected chi connectivity index (χ1v) is 7.09. The summed E-state index contributed by atoms with van der Waals surface area (Å²) in [5, 5.41) is 0. The van der Waals surface area contributed by atoms with Crippen molar-refractivity contribution >= 4 is 11.6 Å². The Bertz CT molecular complexity index is 617. The number of carbonyl (C=O) groups is 1. The van der Waals surface area contributed by atoms with E-state index in [1.807, 2.05) is 69.3 Å². The number of hydrogen-bond acceptors (Lipinski definition) is 2. The van der Waals surface area contributed by atoms with Crippen LogP contribution in [0.4, 0.5) is 5.69 Å². The molecule has 0 fully saturated rings. The summed E-state index contributed by atoms with van der Waals surface area (Å²) in [6.45, 7) is 5.96. The van der Waals surface area contributed by atoms with Crippen LogP contribution in [0.15, 0.2) is 48.5 Å². The van der Waals surface area contributed by atoms with Gasteiger partial charge in [-0.15, -0.1) is 0 Å². The third kappa shape index (κ3) is 3.85. The first-order chi connectivity index (χ1) is 9.97. The lowest BCUT2D eigenvalue weighted by molar-refractivity contribution is 0.0993. The zero-order valence-corrected chi connectivity index (χ0v) is 13.0. The molecule has 3 heteroatoms. The van der Waals surface area contributed by atoms with Gasteiger partial charge in [0.15, 0.2) is 0 Å². The SMILES string of the molecule is Cc1ccc(C(=O)N(C)c2cccc(OC(C)C)c2)cc1. The lowest BCUT2D eigenvalue weighted by Gasteiger charge is -2.19. The molecule has 0 saturated heterocycles. The lowest BCUT2D eigenvalue weighted by Crippen LogP contribution is -2.26. The molecule has 0 aliphatic heterocycles. The molecule has 0 N–H and O–H groups in total. The smallest absolute Gasteiger partial charge is 0.258 e. The van der Waals surface area contributed by atoms with E-state index >= 15 is 0 Å². The highest BCUT2D eigenvalue weighted by Gasteiger charge is 2.14. The minimum Gasteiger partial charge on any atom is -0.491 e. The van der Waals surface area contributed by atoms with Crippen molar-refractivity contribution in [3.8, 4) is 5.75 Å². The summed E-state index contributed by atoms with van der Waals surface area (Å²) in [6.07, 6.45) is 0.110. The summed E-state index contributed by atoms with van der Waals surface area (Å²) in [6, 6.07) is 15.2. The molecule has 3 nitrogen and oxygen atoms in total. The van der Waals surface area contributed by atoms with Gasteiger partial charge in [0.05, 0.1) is 6.10 Å². The Labute approximate surface area is 126 Å². The lowest BCUT2D eigenvalue weighted by atomic mass is 10.1. The molecule has 21 heavy (non-hydrogen) atoms. The fourth-order valence-electron chi connectivity index (χ4n) is 2.04. The summed E-state index contributed by atoms with van der Waals surface area (Å²) in [4.78, 5) is 14.1. The van der Waals surface area contributed by atoms with Gasteiger partial charge in [0, 0.05) is 24.4 Å². The van der Waals surface area contributed by atoms with E-state index in [4.69, 9.17) is 4.74 Å². The molecular weight excluding hydrogens is 262 g/mol. The molecule has 0 heterocycles. The number of ether oxygens (including phenoxy) is 1. The van der Waals surface area contributed by atoms with Crippen molar-refractivity contribution < 1.29 is 9.53 Å². The van der Waals surface area contributed by atoms with Gasteiger partial charge in [-0.25, -0.2) is 0 Å². The summed E-state index contributed by atoms with van der Waals surface area (Å²) in [7, 11) is 1.77. The van der Waals surface area contributed by atoms with Crippen molar-refractivity contribution in [2.45, 2.75) is 26.9 Å². The Balaban J connectivity index is 2.20. The van der Waals surface area contributed by atoms with Crippen molar-refractivity contribution in [3.05, 3.63) is 59.7 Å². The van der Waals surface area contributed by atoms with E-state index in [1.54, 1.807) is 11.9 Å². The second kappa shape index (κ2) is 6.44. The maximum absolute atomic E-state index is 12.5. The van der Waals surface area contributed by atoms with Crippen LogP contribution in [0.5, 0.6) is 5.75 Å². The topological polar surface area (TPSA) is 29.5 Å². The van der Waals surface area contributed by atoms with Crippen LogP contribution in [0.25, 0.3) is 0 Å². The van der Waals surface area contributed by atoms with Crippen molar-refractivity contribution in [1.29, 1.82) is 0 Å². The molecule has 2 aromatic rings. The maximum Gasteiger partial charge on any atom is 0.258 e.